The standard InChI is InChI=1S/C22H23F3N4O/c1-15-7-8-29-19(16(2)26-20(29)13-15)14-27-9-11-28(12-10-27)21(30)17-5-3-4-6-18(17)22(23,24)25/h3-8,13H,9-12,14H2,1-2H3. The number of alkyl halides is 3. The van der Waals surface area contributed by atoms with Crippen molar-refractivity contribution in [3.8, 4) is 0 Å². The lowest BCUT2D eigenvalue weighted by Crippen LogP contribution is -2.48. The van der Waals surface area contributed by atoms with Gasteiger partial charge < -0.3 is 9.30 Å². The van der Waals surface area contributed by atoms with Gasteiger partial charge in [-0.2, -0.15) is 13.2 Å². The highest BCUT2D eigenvalue weighted by Gasteiger charge is 2.36. The zero-order valence-electron chi connectivity index (χ0n) is 16.9. The van der Waals surface area contributed by atoms with E-state index in [-0.39, 0.29) is 5.56 Å². The average Bonchev–Trinajstić information content (AvgIpc) is 3.01. The second-order valence-electron chi connectivity index (χ2n) is 7.69. The number of carbonyl (C=O) groups is 1. The van der Waals surface area contributed by atoms with Crippen molar-refractivity contribution in [2.75, 3.05) is 26.2 Å². The molecule has 1 aliphatic heterocycles. The zero-order valence-corrected chi connectivity index (χ0v) is 16.9. The minimum atomic E-state index is -4.55. The fraction of sp³-hybridized carbons (Fsp3) is 0.364. The van der Waals surface area contributed by atoms with Crippen LogP contribution in [0, 0.1) is 13.8 Å². The predicted octanol–water partition coefficient (Wildman–Crippen LogP) is 3.93. The van der Waals surface area contributed by atoms with Crippen LogP contribution in [0.2, 0.25) is 0 Å². The minimum Gasteiger partial charge on any atom is -0.336 e. The molecule has 8 heteroatoms. The largest absolute Gasteiger partial charge is 0.417 e. The van der Waals surface area contributed by atoms with Crippen molar-refractivity contribution in [3.05, 3.63) is 70.7 Å². The fourth-order valence-corrected chi connectivity index (χ4v) is 3.91. The molecule has 1 saturated heterocycles. The first-order valence-corrected chi connectivity index (χ1v) is 9.86. The third kappa shape index (κ3) is 3.92. The van der Waals surface area contributed by atoms with E-state index in [0.29, 0.717) is 32.7 Å². The molecule has 1 aromatic carbocycles. The van der Waals surface area contributed by atoms with Crippen LogP contribution in [0.3, 0.4) is 0 Å². The molecule has 3 heterocycles. The molecule has 3 aromatic rings. The van der Waals surface area contributed by atoms with E-state index in [2.05, 4.69) is 14.3 Å². The summed E-state index contributed by atoms with van der Waals surface area (Å²) in [5.74, 6) is -0.566. The molecule has 0 atom stereocenters. The molecule has 1 aliphatic rings. The smallest absolute Gasteiger partial charge is 0.336 e. The van der Waals surface area contributed by atoms with Gasteiger partial charge in [-0.25, -0.2) is 4.98 Å². The Labute approximate surface area is 172 Å². The number of imidazole rings is 1. The Morgan fingerprint density at radius 3 is 2.47 bits per heavy atom. The monoisotopic (exact) mass is 416 g/mol. The Bertz CT molecular complexity index is 1080. The SMILES string of the molecule is Cc1ccn2c(CN3CCN(C(=O)c4ccccc4C(F)(F)F)CC3)c(C)nc2c1. The molecule has 0 aliphatic carbocycles. The number of aromatic nitrogens is 2. The van der Waals surface area contributed by atoms with Crippen molar-refractivity contribution in [3.63, 3.8) is 0 Å². The zero-order chi connectivity index (χ0) is 21.5. The van der Waals surface area contributed by atoms with Crippen molar-refractivity contribution >= 4 is 11.6 Å². The first-order valence-electron chi connectivity index (χ1n) is 9.86. The van der Waals surface area contributed by atoms with Gasteiger partial charge >= 0.3 is 6.18 Å². The lowest BCUT2D eigenvalue weighted by molar-refractivity contribution is -0.138. The van der Waals surface area contributed by atoms with Crippen molar-refractivity contribution in [1.29, 1.82) is 0 Å². The lowest BCUT2D eigenvalue weighted by Gasteiger charge is -2.35. The molecule has 1 fully saturated rings. The van der Waals surface area contributed by atoms with E-state index < -0.39 is 17.6 Å². The topological polar surface area (TPSA) is 40.9 Å². The third-order valence-corrected chi connectivity index (χ3v) is 5.58. The number of pyridine rings is 1. The number of hydrogen-bond acceptors (Lipinski definition) is 3. The molecule has 5 nitrogen and oxygen atoms in total. The summed E-state index contributed by atoms with van der Waals surface area (Å²) in [7, 11) is 0. The first-order chi connectivity index (χ1) is 14.2. The lowest BCUT2D eigenvalue weighted by atomic mass is 10.1. The Balaban J connectivity index is 1.45. The molecule has 0 unspecified atom stereocenters. The highest BCUT2D eigenvalue weighted by atomic mass is 19.4. The number of piperazine rings is 1. The van der Waals surface area contributed by atoms with Crippen molar-refractivity contribution in [2.45, 2.75) is 26.6 Å². The fourth-order valence-electron chi connectivity index (χ4n) is 3.91. The maximum atomic E-state index is 13.3. The number of rotatable bonds is 3. The molecule has 0 spiro atoms. The van der Waals surface area contributed by atoms with Gasteiger partial charge in [-0.1, -0.05) is 12.1 Å². The molecule has 4 rings (SSSR count). The molecule has 0 bridgehead atoms. The number of carbonyl (C=O) groups excluding carboxylic acids is 1. The Morgan fingerprint density at radius 1 is 1.07 bits per heavy atom. The second kappa shape index (κ2) is 7.75. The molecular weight excluding hydrogens is 393 g/mol. The predicted molar refractivity (Wildman–Crippen MR) is 107 cm³/mol. The summed E-state index contributed by atoms with van der Waals surface area (Å²) < 4.78 is 41.8. The summed E-state index contributed by atoms with van der Waals surface area (Å²) in [6.07, 6.45) is -2.54. The molecule has 0 radical (unpaired) electrons. The molecule has 1 amide bonds. The third-order valence-electron chi connectivity index (χ3n) is 5.58. The van der Waals surface area contributed by atoms with Crippen LogP contribution in [0.15, 0.2) is 42.6 Å². The summed E-state index contributed by atoms with van der Waals surface area (Å²) in [6, 6.07) is 9.04. The molecule has 0 saturated carbocycles. The van der Waals surface area contributed by atoms with Gasteiger partial charge in [0, 0.05) is 38.9 Å². The molecule has 0 N–H and O–H groups in total. The Morgan fingerprint density at radius 2 is 1.77 bits per heavy atom. The summed E-state index contributed by atoms with van der Waals surface area (Å²) >= 11 is 0. The maximum absolute atomic E-state index is 13.3. The van der Waals surface area contributed by atoms with Crippen LogP contribution >= 0.6 is 0 Å². The van der Waals surface area contributed by atoms with E-state index in [1.165, 1.54) is 23.1 Å². The number of fused-ring (bicyclic) bond motifs is 1. The normalized spacial score (nSPS) is 15.7. The number of nitrogens with zero attached hydrogens (tertiary/aromatic N) is 4. The Kier molecular flexibility index (Phi) is 5.27. The van der Waals surface area contributed by atoms with Crippen LogP contribution in [0.4, 0.5) is 13.2 Å². The van der Waals surface area contributed by atoms with Crippen LogP contribution in [0.5, 0.6) is 0 Å². The van der Waals surface area contributed by atoms with E-state index in [9.17, 15) is 18.0 Å². The van der Waals surface area contributed by atoms with Crippen LogP contribution < -0.4 is 0 Å². The average molecular weight is 416 g/mol. The van der Waals surface area contributed by atoms with E-state index >= 15 is 0 Å². The highest BCUT2D eigenvalue weighted by molar-refractivity contribution is 5.96. The highest BCUT2D eigenvalue weighted by Crippen LogP contribution is 2.32. The van der Waals surface area contributed by atoms with Crippen LogP contribution in [-0.2, 0) is 12.7 Å². The van der Waals surface area contributed by atoms with Crippen molar-refractivity contribution in [2.24, 2.45) is 0 Å². The second-order valence-corrected chi connectivity index (χ2v) is 7.69. The van der Waals surface area contributed by atoms with Gasteiger partial charge in [0.2, 0.25) is 0 Å². The van der Waals surface area contributed by atoms with Crippen molar-refractivity contribution in [1.82, 2.24) is 19.2 Å². The van der Waals surface area contributed by atoms with E-state index in [4.69, 9.17) is 0 Å². The van der Waals surface area contributed by atoms with E-state index in [1.807, 2.05) is 32.2 Å². The van der Waals surface area contributed by atoms with Gasteiger partial charge in [-0.05, 0) is 43.7 Å². The quantitative estimate of drug-likeness (QED) is 0.650. The minimum absolute atomic E-state index is 0.286. The number of benzene rings is 1. The molecule has 2 aromatic heterocycles. The summed E-state index contributed by atoms with van der Waals surface area (Å²) in [6.45, 7) is 6.65. The van der Waals surface area contributed by atoms with Crippen LogP contribution in [0.25, 0.3) is 5.65 Å². The number of halogens is 3. The molecule has 30 heavy (non-hydrogen) atoms. The maximum Gasteiger partial charge on any atom is 0.417 e. The van der Waals surface area contributed by atoms with E-state index in [0.717, 1.165) is 28.7 Å². The van der Waals surface area contributed by atoms with Crippen LogP contribution in [0.1, 0.15) is 32.9 Å². The van der Waals surface area contributed by atoms with Gasteiger partial charge in [0.1, 0.15) is 5.65 Å². The van der Waals surface area contributed by atoms with Crippen molar-refractivity contribution < 1.29 is 18.0 Å². The van der Waals surface area contributed by atoms with Gasteiger partial charge in [-0.15, -0.1) is 0 Å². The number of aryl methyl sites for hydroxylation is 2. The van der Waals surface area contributed by atoms with Gasteiger partial charge in [0.05, 0.1) is 22.5 Å². The van der Waals surface area contributed by atoms with Gasteiger partial charge in [0.15, 0.2) is 0 Å². The number of hydrogen-bond donors (Lipinski definition) is 0. The van der Waals surface area contributed by atoms with Gasteiger partial charge in [0.25, 0.3) is 5.91 Å². The summed E-state index contributed by atoms with van der Waals surface area (Å²) in [5, 5.41) is 0. The molecule has 158 valence electrons. The summed E-state index contributed by atoms with van der Waals surface area (Å²) in [5.41, 5.74) is 2.93. The van der Waals surface area contributed by atoms with Gasteiger partial charge in [-0.3, -0.25) is 9.69 Å². The Hall–Kier alpha value is -2.87. The molecular formula is C22H23F3N4O. The summed E-state index contributed by atoms with van der Waals surface area (Å²) in [4.78, 5) is 21.1. The van der Waals surface area contributed by atoms with E-state index in [1.54, 1.807) is 0 Å². The number of amides is 1. The van der Waals surface area contributed by atoms with Crippen LogP contribution in [-0.4, -0.2) is 51.3 Å². The first kappa shape index (κ1) is 20.4.